The number of esters is 1. The Labute approximate surface area is 156 Å². The SMILES string of the molecule is COC(=O)C(c1ccc(O)cc1)N1CC(NC(=O)Cc2ccccc2)C1=O. The standard InChI is InChI=1S/C20H20N2O5/c1-27-20(26)18(14-7-9-15(23)10-8-14)22-12-16(19(22)25)21-17(24)11-13-5-3-2-4-6-13/h2-10,16,18,23H,11-12H2,1H3,(H,21,24). The molecule has 1 aliphatic heterocycles. The summed E-state index contributed by atoms with van der Waals surface area (Å²) in [5.41, 5.74) is 1.39. The number of methoxy groups -OCH3 is 1. The zero-order valence-corrected chi connectivity index (χ0v) is 14.8. The van der Waals surface area contributed by atoms with Crippen LogP contribution in [-0.2, 0) is 25.5 Å². The molecule has 2 aromatic carbocycles. The first-order valence-corrected chi connectivity index (χ1v) is 8.50. The Morgan fingerprint density at radius 1 is 1.19 bits per heavy atom. The maximum Gasteiger partial charge on any atom is 0.333 e. The van der Waals surface area contributed by atoms with Gasteiger partial charge >= 0.3 is 5.97 Å². The number of ether oxygens (including phenoxy) is 1. The zero-order valence-electron chi connectivity index (χ0n) is 14.8. The fourth-order valence-corrected chi connectivity index (χ4v) is 3.03. The van der Waals surface area contributed by atoms with E-state index in [4.69, 9.17) is 4.74 Å². The summed E-state index contributed by atoms with van der Waals surface area (Å²) in [6, 6.07) is 13.7. The fourth-order valence-electron chi connectivity index (χ4n) is 3.03. The van der Waals surface area contributed by atoms with Crippen molar-refractivity contribution in [1.29, 1.82) is 0 Å². The lowest BCUT2D eigenvalue weighted by atomic mass is 9.98. The molecule has 27 heavy (non-hydrogen) atoms. The summed E-state index contributed by atoms with van der Waals surface area (Å²) in [5.74, 6) is -1.12. The molecule has 1 heterocycles. The highest BCUT2D eigenvalue weighted by molar-refractivity contribution is 5.96. The molecule has 0 saturated carbocycles. The van der Waals surface area contributed by atoms with Gasteiger partial charge in [0.15, 0.2) is 6.04 Å². The van der Waals surface area contributed by atoms with Crippen molar-refractivity contribution in [3.63, 3.8) is 0 Å². The Morgan fingerprint density at radius 3 is 2.44 bits per heavy atom. The van der Waals surface area contributed by atoms with Crippen molar-refractivity contribution < 1.29 is 24.2 Å². The first-order chi connectivity index (χ1) is 13.0. The molecule has 2 N–H and O–H groups in total. The summed E-state index contributed by atoms with van der Waals surface area (Å²) in [5, 5.41) is 12.1. The molecule has 2 aromatic rings. The van der Waals surface area contributed by atoms with Gasteiger partial charge in [-0.25, -0.2) is 4.79 Å². The second-order valence-electron chi connectivity index (χ2n) is 6.29. The van der Waals surface area contributed by atoms with Gasteiger partial charge in [-0.1, -0.05) is 42.5 Å². The average Bonchev–Trinajstić information content (AvgIpc) is 2.68. The largest absolute Gasteiger partial charge is 0.508 e. The van der Waals surface area contributed by atoms with E-state index in [2.05, 4.69) is 5.32 Å². The van der Waals surface area contributed by atoms with Crippen LogP contribution in [0.1, 0.15) is 17.2 Å². The van der Waals surface area contributed by atoms with Gasteiger partial charge in [0.2, 0.25) is 11.8 Å². The predicted molar refractivity (Wildman–Crippen MR) is 96.7 cm³/mol. The Balaban J connectivity index is 1.64. The highest BCUT2D eigenvalue weighted by Gasteiger charge is 2.45. The molecule has 140 valence electrons. The number of likely N-dealkylation sites (tertiary alicyclic amines) is 1. The van der Waals surface area contributed by atoms with Crippen LogP contribution in [0.2, 0.25) is 0 Å². The number of phenols is 1. The third-order valence-electron chi connectivity index (χ3n) is 4.45. The number of hydrogen-bond acceptors (Lipinski definition) is 5. The molecule has 2 unspecified atom stereocenters. The quantitative estimate of drug-likeness (QED) is 0.590. The van der Waals surface area contributed by atoms with Crippen molar-refractivity contribution in [3.05, 3.63) is 65.7 Å². The van der Waals surface area contributed by atoms with Gasteiger partial charge < -0.3 is 20.1 Å². The predicted octanol–water partition coefficient (Wildman–Crippen LogP) is 1.18. The normalized spacial score (nSPS) is 17.0. The van der Waals surface area contributed by atoms with E-state index in [0.717, 1.165) is 5.56 Å². The van der Waals surface area contributed by atoms with Crippen LogP contribution < -0.4 is 5.32 Å². The van der Waals surface area contributed by atoms with Gasteiger partial charge in [-0.15, -0.1) is 0 Å². The Hall–Kier alpha value is -3.35. The van der Waals surface area contributed by atoms with Crippen LogP contribution in [0.5, 0.6) is 5.75 Å². The third-order valence-corrected chi connectivity index (χ3v) is 4.45. The van der Waals surface area contributed by atoms with Crippen LogP contribution in [0.15, 0.2) is 54.6 Å². The summed E-state index contributed by atoms with van der Waals surface area (Å²) in [6.07, 6.45) is 0.184. The monoisotopic (exact) mass is 368 g/mol. The smallest absolute Gasteiger partial charge is 0.333 e. The van der Waals surface area contributed by atoms with E-state index < -0.39 is 18.1 Å². The molecular formula is C20H20N2O5. The van der Waals surface area contributed by atoms with Gasteiger partial charge in [-0.3, -0.25) is 9.59 Å². The Morgan fingerprint density at radius 2 is 1.85 bits per heavy atom. The molecule has 2 amide bonds. The number of nitrogens with zero attached hydrogens (tertiary/aromatic N) is 1. The van der Waals surface area contributed by atoms with Gasteiger partial charge in [-0.05, 0) is 23.3 Å². The minimum Gasteiger partial charge on any atom is -0.508 e. The van der Waals surface area contributed by atoms with E-state index in [1.165, 1.54) is 24.1 Å². The molecule has 2 atom stereocenters. The molecular weight excluding hydrogens is 348 g/mol. The lowest BCUT2D eigenvalue weighted by Crippen LogP contribution is -2.65. The summed E-state index contributed by atoms with van der Waals surface area (Å²) >= 11 is 0. The summed E-state index contributed by atoms with van der Waals surface area (Å²) in [6.45, 7) is 0.208. The average molecular weight is 368 g/mol. The van der Waals surface area contributed by atoms with Gasteiger partial charge in [0.1, 0.15) is 11.8 Å². The van der Waals surface area contributed by atoms with Crippen LogP contribution >= 0.6 is 0 Å². The topological polar surface area (TPSA) is 95.9 Å². The highest BCUT2D eigenvalue weighted by Crippen LogP contribution is 2.29. The number of β-lactam (4-membered cyclic amide) rings is 1. The van der Waals surface area contributed by atoms with Crippen LogP contribution in [0.3, 0.4) is 0 Å². The minimum absolute atomic E-state index is 0.0587. The second-order valence-corrected chi connectivity index (χ2v) is 6.29. The number of rotatable bonds is 6. The number of nitrogens with one attached hydrogen (secondary N) is 1. The number of amides is 2. The maximum absolute atomic E-state index is 12.5. The fraction of sp³-hybridized carbons (Fsp3) is 0.250. The summed E-state index contributed by atoms with van der Waals surface area (Å²) in [7, 11) is 1.25. The first-order valence-electron chi connectivity index (χ1n) is 8.50. The number of aromatic hydroxyl groups is 1. The van der Waals surface area contributed by atoms with Gasteiger partial charge in [-0.2, -0.15) is 0 Å². The molecule has 1 aliphatic rings. The van der Waals surface area contributed by atoms with E-state index >= 15 is 0 Å². The minimum atomic E-state index is -0.912. The third kappa shape index (κ3) is 4.08. The highest BCUT2D eigenvalue weighted by atomic mass is 16.5. The van der Waals surface area contributed by atoms with E-state index in [9.17, 15) is 19.5 Å². The molecule has 3 rings (SSSR count). The van der Waals surface area contributed by atoms with Crippen molar-refractivity contribution in [1.82, 2.24) is 10.2 Å². The van der Waals surface area contributed by atoms with Crippen molar-refractivity contribution in [3.8, 4) is 5.75 Å². The molecule has 7 nitrogen and oxygen atoms in total. The number of carbonyl (C=O) groups is 3. The molecule has 0 aromatic heterocycles. The van der Waals surface area contributed by atoms with Crippen LogP contribution in [0.25, 0.3) is 0 Å². The van der Waals surface area contributed by atoms with E-state index in [0.29, 0.717) is 5.56 Å². The van der Waals surface area contributed by atoms with Crippen LogP contribution in [-0.4, -0.2) is 47.5 Å². The molecule has 0 bridgehead atoms. The van der Waals surface area contributed by atoms with Crippen LogP contribution in [0.4, 0.5) is 0 Å². The van der Waals surface area contributed by atoms with Gasteiger partial charge in [0.25, 0.3) is 0 Å². The van der Waals surface area contributed by atoms with Crippen LogP contribution in [0, 0.1) is 0 Å². The van der Waals surface area contributed by atoms with Crippen molar-refractivity contribution in [2.45, 2.75) is 18.5 Å². The first kappa shape index (κ1) is 18.4. The lowest BCUT2D eigenvalue weighted by molar-refractivity contribution is -0.162. The second kappa shape index (κ2) is 7.90. The maximum atomic E-state index is 12.5. The molecule has 0 aliphatic carbocycles. The zero-order chi connectivity index (χ0) is 19.4. The molecule has 0 radical (unpaired) electrons. The Bertz CT molecular complexity index is 835. The van der Waals surface area contributed by atoms with E-state index in [1.807, 2.05) is 30.3 Å². The number of carbonyl (C=O) groups excluding carboxylic acids is 3. The lowest BCUT2D eigenvalue weighted by Gasteiger charge is -2.42. The summed E-state index contributed by atoms with van der Waals surface area (Å²) < 4.78 is 4.81. The molecule has 0 spiro atoms. The Kier molecular flexibility index (Phi) is 5.40. The van der Waals surface area contributed by atoms with E-state index in [1.54, 1.807) is 12.1 Å². The van der Waals surface area contributed by atoms with E-state index in [-0.39, 0.29) is 30.5 Å². The van der Waals surface area contributed by atoms with Crippen molar-refractivity contribution in [2.24, 2.45) is 0 Å². The summed E-state index contributed by atoms with van der Waals surface area (Å²) in [4.78, 5) is 38.2. The number of hydrogen-bond donors (Lipinski definition) is 2. The molecule has 7 heteroatoms. The van der Waals surface area contributed by atoms with Gasteiger partial charge in [0, 0.05) is 0 Å². The molecule has 1 fully saturated rings. The number of benzene rings is 2. The molecule has 1 saturated heterocycles. The van der Waals surface area contributed by atoms with Crippen molar-refractivity contribution in [2.75, 3.05) is 13.7 Å². The van der Waals surface area contributed by atoms with Crippen molar-refractivity contribution >= 4 is 17.8 Å². The number of phenolic OH excluding ortho intramolecular Hbond substituents is 1. The van der Waals surface area contributed by atoms with Gasteiger partial charge in [0.05, 0.1) is 20.1 Å².